The molecule has 0 atom stereocenters. The van der Waals surface area contributed by atoms with Gasteiger partial charge in [0.25, 0.3) is 0 Å². The van der Waals surface area contributed by atoms with Crippen molar-refractivity contribution in [2.24, 2.45) is 0 Å². The molecule has 4 heavy (non-hydrogen) atoms. The molecule has 0 rings (SSSR count). The molecular formula is H2BrITi2. The minimum Gasteiger partial charge on any atom is -0.114 e. The zero-order chi connectivity index (χ0) is 0. The largest absolute Gasteiger partial charge is 0.114 e. The average molecular weight is 305 g/mol. The van der Waals surface area contributed by atoms with Crippen LogP contribution in [0.2, 0.25) is 0 Å². The summed E-state index contributed by atoms with van der Waals surface area (Å²) < 4.78 is 0. The van der Waals surface area contributed by atoms with E-state index in [-0.39, 0.29) is 84.4 Å². The molecule has 0 radical (unpaired) electrons. The molecule has 0 aliphatic carbocycles. The Balaban J connectivity index is 0. The summed E-state index contributed by atoms with van der Waals surface area (Å²) in [5.41, 5.74) is 0. The van der Waals surface area contributed by atoms with Crippen LogP contribution >= 0.6 is 41.0 Å². The van der Waals surface area contributed by atoms with Crippen LogP contribution in [0.1, 0.15) is 0 Å². The topological polar surface area (TPSA) is 0 Å². The summed E-state index contributed by atoms with van der Waals surface area (Å²) in [7, 11) is 0. The van der Waals surface area contributed by atoms with Crippen molar-refractivity contribution < 1.29 is 43.4 Å². The molecule has 0 aromatic heterocycles. The van der Waals surface area contributed by atoms with Crippen LogP contribution in [0.15, 0.2) is 0 Å². The van der Waals surface area contributed by atoms with E-state index in [1.165, 1.54) is 0 Å². The number of halogens is 2. The van der Waals surface area contributed by atoms with Crippen LogP contribution in [-0.2, 0) is 43.4 Å². The van der Waals surface area contributed by atoms with Gasteiger partial charge in [0.1, 0.15) is 0 Å². The molecule has 0 amide bonds. The van der Waals surface area contributed by atoms with Gasteiger partial charge < -0.3 is 0 Å². The van der Waals surface area contributed by atoms with E-state index in [0.29, 0.717) is 0 Å². The Morgan fingerprint density at radius 2 is 0.750 bits per heavy atom. The van der Waals surface area contributed by atoms with Gasteiger partial charge in [0.15, 0.2) is 0 Å². The van der Waals surface area contributed by atoms with Gasteiger partial charge in [-0.2, -0.15) is 0 Å². The third kappa shape index (κ3) is 8.82. The fraction of sp³-hybridized carbons (Fsp3) is 0. The average Bonchev–Trinajstić information content (AvgIpc) is 0. The molecule has 4 heteroatoms. The van der Waals surface area contributed by atoms with Gasteiger partial charge in [-0.3, -0.25) is 0 Å². The van der Waals surface area contributed by atoms with Gasteiger partial charge in [0, 0.05) is 43.4 Å². The van der Waals surface area contributed by atoms with Crippen molar-refractivity contribution in [2.45, 2.75) is 0 Å². The summed E-state index contributed by atoms with van der Waals surface area (Å²) in [5.74, 6) is 0. The van der Waals surface area contributed by atoms with E-state index in [9.17, 15) is 0 Å². The first-order valence-corrected chi connectivity index (χ1v) is 0. The summed E-state index contributed by atoms with van der Waals surface area (Å²) in [5, 5.41) is 0. The first kappa shape index (κ1) is 30.3. The van der Waals surface area contributed by atoms with E-state index in [4.69, 9.17) is 0 Å². The molecule has 0 unspecified atom stereocenters. The first-order chi connectivity index (χ1) is 0. The third-order valence-electron chi connectivity index (χ3n) is 0. The standard InChI is InChI=1S/BrH.HI.2Ti/h2*1H;;. The fourth-order valence-electron chi connectivity index (χ4n) is 0. The molecule has 0 N–H and O–H groups in total. The maximum atomic E-state index is 0. The summed E-state index contributed by atoms with van der Waals surface area (Å²) in [6.45, 7) is 0. The minimum atomic E-state index is 0. The Morgan fingerprint density at radius 3 is 0.750 bits per heavy atom. The molecule has 0 fully saturated rings. The summed E-state index contributed by atoms with van der Waals surface area (Å²) in [6.07, 6.45) is 0. The second kappa shape index (κ2) is 17.4. The molecule has 24 valence electrons. The van der Waals surface area contributed by atoms with E-state index in [2.05, 4.69) is 0 Å². The number of hydrogen-bond donors (Lipinski definition) is 0. The monoisotopic (exact) mass is 304 g/mol. The molecule has 0 aliphatic rings. The quantitative estimate of drug-likeness (QED) is 0.466. The molecule has 0 saturated heterocycles. The van der Waals surface area contributed by atoms with Crippen LogP contribution < -0.4 is 0 Å². The van der Waals surface area contributed by atoms with Crippen molar-refractivity contribution in [3.8, 4) is 0 Å². The Labute approximate surface area is 83.0 Å². The molecule has 0 bridgehead atoms. The van der Waals surface area contributed by atoms with Crippen LogP contribution in [0.25, 0.3) is 0 Å². The summed E-state index contributed by atoms with van der Waals surface area (Å²) >= 11 is 0. The van der Waals surface area contributed by atoms with Crippen molar-refractivity contribution >= 4 is 41.0 Å². The van der Waals surface area contributed by atoms with Gasteiger partial charge in [-0.25, -0.2) is 0 Å². The fourth-order valence-corrected chi connectivity index (χ4v) is 0. The molecule has 0 aromatic rings. The number of rotatable bonds is 0. The van der Waals surface area contributed by atoms with Crippen LogP contribution in [0, 0.1) is 0 Å². The maximum absolute atomic E-state index is 0. The first-order valence-electron chi connectivity index (χ1n) is 0. The molecule has 0 saturated carbocycles. The molecule has 0 spiro atoms. The van der Waals surface area contributed by atoms with Gasteiger partial charge in [-0.1, -0.05) is 0 Å². The van der Waals surface area contributed by atoms with Crippen molar-refractivity contribution in [1.82, 2.24) is 0 Å². The smallest absolute Gasteiger partial charge is 0 e. The van der Waals surface area contributed by atoms with Crippen LogP contribution in [0.5, 0.6) is 0 Å². The summed E-state index contributed by atoms with van der Waals surface area (Å²) in [4.78, 5) is 0. The van der Waals surface area contributed by atoms with E-state index in [1.807, 2.05) is 0 Å². The summed E-state index contributed by atoms with van der Waals surface area (Å²) in [6, 6.07) is 0. The van der Waals surface area contributed by atoms with Crippen molar-refractivity contribution in [3.05, 3.63) is 0 Å². The molecular weight excluding hydrogens is 303 g/mol. The molecule has 0 heterocycles. The predicted molar refractivity (Wildman–Crippen MR) is 25.7 cm³/mol. The minimum absolute atomic E-state index is 0. The molecule has 0 aromatic carbocycles. The van der Waals surface area contributed by atoms with Gasteiger partial charge in [-0.15, -0.1) is 41.0 Å². The van der Waals surface area contributed by atoms with Gasteiger partial charge >= 0.3 is 0 Å². The maximum Gasteiger partial charge on any atom is 0 e. The Morgan fingerprint density at radius 1 is 0.750 bits per heavy atom. The normalized spacial score (nSPS) is 0. The van der Waals surface area contributed by atoms with E-state index >= 15 is 0 Å². The van der Waals surface area contributed by atoms with Crippen molar-refractivity contribution in [2.75, 3.05) is 0 Å². The van der Waals surface area contributed by atoms with Gasteiger partial charge in [0.2, 0.25) is 0 Å². The van der Waals surface area contributed by atoms with Crippen molar-refractivity contribution in [3.63, 3.8) is 0 Å². The van der Waals surface area contributed by atoms with E-state index in [1.54, 1.807) is 0 Å². The Hall–Kier alpha value is 2.64. The van der Waals surface area contributed by atoms with Crippen LogP contribution in [-0.4, -0.2) is 0 Å². The zero-order valence-electron chi connectivity index (χ0n) is 1.82. The number of hydrogen-bond acceptors (Lipinski definition) is 0. The molecule has 0 nitrogen and oxygen atoms in total. The predicted octanol–water partition coefficient (Wildman–Crippen LogP) is 1.19. The van der Waals surface area contributed by atoms with E-state index < -0.39 is 0 Å². The Kier molecular flexibility index (Phi) is 132. The SMILES string of the molecule is Br.I.[Ti].[Ti]. The second-order valence-corrected chi connectivity index (χ2v) is 0. The van der Waals surface area contributed by atoms with E-state index in [0.717, 1.165) is 0 Å². The zero-order valence-corrected chi connectivity index (χ0v) is 8.98. The van der Waals surface area contributed by atoms with Gasteiger partial charge in [-0.05, 0) is 0 Å². The Bertz CT molecular complexity index is 6.00. The van der Waals surface area contributed by atoms with Crippen molar-refractivity contribution in [1.29, 1.82) is 0 Å². The molecule has 0 aliphatic heterocycles. The third-order valence-corrected chi connectivity index (χ3v) is 0. The van der Waals surface area contributed by atoms with Gasteiger partial charge in [0.05, 0.1) is 0 Å². The van der Waals surface area contributed by atoms with Crippen LogP contribution in [0.3, 0.4) is 0 Å². The second-order valence-electron chi connectivity index (χ2n) is 0. The van der Waals surface area contributed by atoms with Crippen LogP contribution in [0.4, 0.5) is 0 Å².